The van der Waals surface area contributed by atoms with E-state index in [1.165, 1.54) is 25.3 Å². The molecule has 29 heavy (non-hydrogen) atoms. The Morgan fingerprint density at radius 1 is 1.10 bits per heavy atom. The summed E-state index contributed by atoms with van der Waals surface area (Å²) < 4.78 is 39.0. The third kappa shape index (κ3) is 6.17. The molecule has 2 rings (SSSR count). The molecule has 0 bridgehead atoms. The van der Waals surface area contributed by atoms with Gasteiger partial charge in [0.25, 0.3) is 5.91 Å². The largest absolute Gasteiger partial charge is 0.493 e. The van der Waals surface area contributed by atoms with Gasteiger partial charge in [-0.05, 0) is 42.2 Å². The molecule has 2 aromatic rings. The zero-order valence-corrected chi connectivity index (χ0v) is 16.4. The maximum absolute atomic E-state index is 12.4. The first-order valence-corrected chi connectivity index (χ1v) is 9.04. The van der Waals surface area contributed by atoms with Crippen molar-refractivity contribution in [3.8, 4) is 11.5 Å². The van der Waals surface area contributed by atoms with Crippen LogP contribution in [0.5, 0.6) is 11.5 Å². The molecule has 0 saturated carbocycles. The molecule has 0 aliphatic carbocycles. The van der Waals surface area contributed by atoms with Crippen molar-refractivity contribution in [2.24, 2.45) is 0 Å². The molecule has 2 aromatic carbocycles. The minimum Gasteiger partial charge on any atom is -0.493 e. The molecule has 0 fully saturated rings. The van der Waals surface area contributed by atoms with Gasteiger partial charge in [-0.1, -0.05) is 32.0 Å². The Morgan fingerprint density at radius 2 is 1.83 bits per heavy atom. The molecule has 0 heterocycles. The molecule has 156 valence electrons. The monoisotopic (exact) mass is 407 g/mol. The van der Waals surface area contributed by atoms with Crippen LogP contribution in [0, 0.1) is 0 Å². The number of para-hydroxylation sites is 1. The zero-order chi connectivity index (χ0) is 21.4. The fourth-order valence-corrected chi connectivity index (χ4v) is 2.65. The molecule has 1 amide bonds. The Labute approximate surface area is 167 Å². The van der Waals surface area contributed by atoms with Crippen molar-refractivity contribution in [3.63, 3.8) is 0 Å². The highest BCUT2D eigenvalue weighted by Crippen LogP contribution is 2.30. The van der Waals surface area contributed by atoms with Crippen molar-refractivity contribution in [2.45, 2.75) is 32.8 Å². The lowest BCUT2D eigenvalue weighted by Gasteiger charge is -2.15. The van der Waals surface area contributed by atoms with E-state index in [9.17, 15) is 18.4 Å². The summed E-state index contributed by atoms with van der Waals surface area (Å²) in [7, 11) is 1.25. The first kappa shape index (κ1) is 22.1. The van der Waals surface area contributed by atoms with E-state index in [1.807, 2.05) is 18.2 Å². The topological polar surface area (TPSA) is 73.9 Å². The summed E-state index contributed by atoms with van der Waals surface area (Å²) >= 11 is 0. The van der Waals surface area contributed by atoms with Gasteiger partial charge in [0.15, 0.2) is 18.1 Å². The number of hydrogen-bond donors (Lipinski definition) is 1. The molecule has 0 saturated heterocycles. The van der Waals surface area contributed by atoms with Crippen molar-refractivity contribution in [1.29, 1.82) is 0 Å². The van der Waals surface area contributed by atoms with Crippen LogP contribution in [-0.2, 0) is 9.53 Å². The van der Waals surface area contributed by atoms with Crippen LogP contribution in [-0.4, -0.2) is 32.2 Å². The molecular formula is C21H23F2NO5. The van der Waals surface area contributed by atoms with Gasteiger partial charge in [0.1, 0.15) is 0 Å². The second-order valence-electron chi connectivity index (χ2n) is 6.26. The first-order valence-electron chi connectivity index (χ1n) is 9.04. The van der Waals surface area contributed by atoms with Crippen LogP contribution in [0.3, 0.4) is 0 Å². The molecule has 0 spiro atoms. The van der Waals surface area contributed by atoms with Crippen molar-refractivity contribution >= 4 is 17.6 Å². The fraction of sp³-hybridized carbons (Fsp3) is 0.333. The number of esters is 1. The summed E-state index contributed by atoms with van der Waals surface area (Å²) in [5.74, 6) is -1.28. The third-order valence-electron chi connectivity index (χ3n) is 4.33. The van der Waals surface area contributed by atoms with E-state index >= 15 is 0 Å². The maximum Gasteiger partial charge on any atom is 0.387 e. The summed E-state index contributed by atoms with van der Waals surface area (Å²) in [5, 5.41) is 2.74. The quantitative estimate of drug-likeness (QED) is 0.615. The van der Waals surface area contributed by atoms with Crippen LogP contribution in [0.4, 0.5) is 14.5 Å². The summed E-state index contributed by atoms with van der Waals surface area (Å²) in [6.45, 7) is 0.589. The second kappa shape index (κ2) is 10.4. The molecule has 0 aliphatic rings. The normalized spacial score (nSPS) is 11.7. The van der Waals surface area contributed by atoms with E-state index in [4.69, 9.17) is 9.47 Å². The number of ether oxygens (including phenoxy) is 3. The molecule has 0 radical (unpaired) electrons. The van der Waals surface area contributed by atoms with Crippen molar-refractivity contribution in [1.82, 2.24) is 0 Å². The summed E-state index contributed by atoms with van der Waals surface area (Å²) in [5.41, 5.74) is 1.70. The smallest absolute Gasteiger partial charge is 0.387 e. The lowest BCUT2D eigenvalue weighted by atomic mass is 9.97. The number of methoxy groups -OCH3 is 1. The van der Waals surface area contributed by atoms with E-state index < -0.39 is 25.1 Å². The number of amides is 1. The van der Waals surface area contributed by atoms with Gasteiger partial charge in [0.2, 0.25) is 0 Å². The lowest BCUT2D eigenvalue weighted by Crippen LogP contribution is -2.21. The van der Waals surface area contributed by atoms with Gasteiger partial charge in [-0.3, -0.25) is 4.79 Å². The SMILES string of the molecule is CC[C@H](C)c1ccccc1NC(=O)COC(=O)c1ccc(OC(F)F)c(OC)c1. The number of hydrogen-bond acceptors (Lipinski definition) is 5. The number of anilines is 1. The minimum absolute atomic E-state index is 0.0382. The van der Waals surface area contributed by atoms with Crippen LogP contribution >= 0.6 is 0 Å². The van der Waals surface area contributed by atoms with E-state index in [2.05, 4.69) is 23.9 Å². The average Bonchev–Trinajstić information content (AvgIpc) is 2.71. The summed E-state index contributed by atoms with van der Waals surface area (Å²) in [6.07, 6.45) is 0.912. The summed E-state index contributed by atoms with van der Waals surface area (Å²) in [6, 6.07) is 11.0. The average molecular weight is 407 g/mol. The third-order valence-corrected chi connectivity index (χ3v) is 4.33. The highest BCUT2D eigenvalue weighted by molar-refractivity contribution is 5.96. The standard InChI is InChI=1S/C21H23F2NO5/c1-4-13(2)15-7-5-6-8-16(15)24-19(25)12-28-20(26)14-9-10-17(29-21(22)23)18(11-14)27-3/h5-11,13,21H,4,12H2,1-3H3,(H,24,25)/t13-/m0/s1. The van der Waals surface area contributed by atoms with Gasteiger partial charge < -0.3 is 19.5 Å². The second-order valence-corrected chi connectivity index (χ2v) is 6.26. The lowest BCUT2D eigenvalue weighted by molar-refractivity contribution is -0.119. The number of nitrogens with one attached hydrogen (secondary N) is 1. The van der Waals surface area contributed by atoms with Crippen LogP contribution in [0.1, 0.15) is 42.1 Å². The number of alkyl halides is 2. The Hall–Kier alpha value is -3.16. The van der Waals surface area contributed by atoms with Crippen LogP contribution in [0.25, 0.3) is 0 Å². The first-order chi connectivity index (χ1) is 13.8. The Morgan fingerprint density at radius 3 is 2.48 bits per heavy atom. The van der Waals surface area contributed by atoms with Crippen molar-refractivity contribution in [2.75, 3.05) is 19.0 Å². The Bertz CT molecular complexity index is 857. The highest BCUT2D eigenvalue weighted by Gasteiger charge is 2.17. The molecule has 1 N–H and O–H groups in total. The van der Waals surface area contributed by atoms with Crippen molar-refractivity contribution < 1.29 is 32.6 Å². The fourth-order valence-electron chi connectivity index (χ4n) is 2.65. The van der Waals surface area contributed by atoms with Gasteiger partial charge in [-0.25, -0.2) is 4.79 Å². The predicted molar refractivity (Wildman–Crippen MR) is 104 cm³/mol. The van der Waals surface area contributed by atoms with E-state index in [0.717, 1.165) is 12.0 Å². The van der Waals surface area contributed by atoms with E-state index in [0.29, 0.717) is 5.69 Å². The van der Waals surface area contributed by atoms with Gasteiger partial charge in [0.05, 0.1) is 12.7 Å². The Kier molecular flexibility index (Phi) is 7.94. The Balaban J connectivity index is 2.00. The maximum atomic E-state index is 12.4. The molecule has 0 aromatic heterocycles. The van der Waals surface area contributed by atoms with Gasteiger partial charge in [-0.2, -0.15) is 8.78 Å². The number of carbonyl (C=O) groups is 2. The summed E-state index contributed by atoms with van der Waals surface area (Å²) in [4.78, 5) is 24.4. The van der Waals surface area contributed by atoms with E-state index in [1.54, 1.807) is 6.07 Å². The number of halogens is 2. The number of benzene rings is 2. The number of carbonyl (C=O) groups excluding carboxylic acids is 2. The van der Waals surface area contributed by atoms with Gasteiger partial charge >= 0.3 is 12.6 Å². The minimum atomic E-state index is -3.02. The molecule has 8 heteroatoms. The predicted octanol–water partition coefficient (Wildman–Crippen LogP) is 4.61. The molecule has 6 nitrogen and oxygen atoms in total. The number of rotatable bonds is 9. The van der Waals surface area contributed by atoms with Crippen molar-refractivity contribution in [3.05, 3.63) is 53.6 Å². The van der Waals surface area contributed by atoms with Crippen LogP contribution in [0.2, 0.25) is 0 Å². The van der Waals surface area contributed by atoms with Gasteiger partial charge in [0, 0.05) is 5.69 Å². The highest BCUT2D eigenvalue weighted by atomic mass is 19.3. The van der Waals surface area contributed by atoms with Crippen LogP contribution < -0.4 is 14.8 Å². The van der Waals surface area contributed by atoms with Gasteiger partial charge in [-0.15, -0.1) is 0 Å². The molecular weight excluding hydrogens is 384 g/mol. The zero-order valence-electron chi connectivity index (χ0n) is 16.4. The molecule has 1 atom stereocenters. The van der Waals surface area contributed by atoms with Crippen LogP contribution in [0.15, 0.2) is 42.5 Å². The molecule has 0 unspecified atom stereocenters. The molecule has 0 aliphatic heterocycles. The van der Waals surface area contributed by atoms with E-state index in [-0.39, 0.29) is 23.0 Å².